The maximum Gasteiger partial charge on any atom is 0.246 e. The molecule has 2 aliphatic rings. The van der Waals surface area contributed by atoms with Crippen LogP contribution < -0.4 is 5.32 Å². The van der Waals surface area contributed by atoms with Crippen LogP contribution in [0.3, 0.4) is 0 Å². The Kier molecular flexibility index (Phi) is 4.71. The van der Waals surface area contributed by atoms with Gasteiger partial charge in [-0.2, -0.15) is 0 Å². The number of methoxy groups -OCH3 is 1. The van der Waals surface area contributed by atoms with Crippen molar-refractivity contribution in [3.05, 3.63) is 30.1 Å². The van der Waals surface area contributed by atoms with E-state index in [9.17, 15) is 4.79 Å². The van der Waals surface area contributed by atoms with Crippen LogP contribution in [-0.4, -0.2) is 62.4 Å². The van der Waals surface area contributed by atoms with Crippen LogP contribution >= 0.6 is 0 Å². The lowest BCUT2D eigenvalue weighted by Crippen LogP contribution is -2.44. The molecule has 22 heavy (non-hydrogen) atoms. The van der Waals surface area contributed by atoms with Gasteiger partial charge in [0.15, 0.2) is 0 Å². The lowest BCUT2D eigenvalue weighted by molar-refractivity contribution is -0.125. The number of pyridine rings is 1. The second kappa shape index (κ2) is 6.73. The minimum atomic E-state index is -0.0601. The average Bonchev–Trinajstić information content (AvgIpc) is 3.03. The SMILES string of the molecule is COCC(=O)NC[C@]12COC[C@H]1CN(Cc1ccncc1)C2. The first-order valence-corrected chi connectivity index (χ1v) is 7.66. The van der Waals surface area contributed by atoms with Crippen molar-refractivity contribution in [3.63, 3.8) is 0 Å². The van der Waals surface area contributed by atoms with Crippen molar-refractivity contribution in [2.45, 2.75) is 6.54 Å². The molecule has 2 atom stereocenters. The highest BCUT2D eigenvalue weighted by Gasteiger charge is 2.50. The number of nitrogens with zero attached hydrogens (tertiary/aromatic N) is 2. The van der Waals surface area contributed by atoms with Gasteiger partial charge in [0, 0.05) is 57.0 Å². The quantitative estimate of drug-likeness (QED) is 0.818. The highest BCUT2D eigenvalue weighted by molar-refractivity contribution is 5.77. The third kappa shape index (κ3) is 3.29. The number of aromatic nitrogens is 1. The van der Waals surface area contributed by atoms with E-state index in [1.807, 2.05) is 12.4 Å². The van der Waals surface area contributed by atoms with Crippen LogP contribution in [0, 0.1) is 11.3 Å². The standard InChI is InChI=1S/C16H23N3O3/c1-21-9-15(20)18-10-16-11-19(7-14(16)8-22-12-16)6-13-2-4-17-5-3-13/h2-5,14H,6-12H2,1H3,(H,18,20)/t14-,16+/m1/s1. The maximum absolute atomic E-state index is 11.7. The molecule has 0 spiro atoms. The van der Waals surface area contributed by atoms with Crippen LogP contribution in [-0.2, 0) is 20.8 Å². The molecule has 2 aliphatic heterocycles. The van der Waals surface area contributed by atoms with Gasteiger partial charge in [-0.1, -0.05) is 0 Å². The molecule has 2 fully saturated rings. The summed E-state index contributed by atoms with van der Waals surface area (Å²) in [5.41, 5.74) is 1.31. The molecule has 1 N–H and O–H groups in total. The first-order chi connectivity index (χ1) is 10.7. The van der Waals surface area contributed by atoms with Gasteiger partial charge in [0.2, 0.25) is 5.91 Å². The highest BCUT2D eigenvalue weighted by Crippen LogP contribution is 2.41. The summed E-state index contributed by atoms with van der Waals surface area (Å²) in [4.78, 5) is 18.2. The monoisotopic (exact) mass is 305 g/mol. The Morgan fingerprint density at radius 2 is 2.36 bits per heavy atom. The summed E-state index contributed by atoms with van der Waals surface area (Å²) in [7, 11) is 1.53. The Hall–Kier alpha value is -1.50. The summed E-state index contributed by atoms with van der Waals surface area (Å²) in [6.45, 7) is 5.17. The van der Waals surface area contributed by atoms with Crippen molar-refractivity contribution in [1.82, 2.24) is 15.2 Å². The van der Waals surface area contributed by atoms with Gasteiger partial charge in [-0.25, -0.2) is 0 Å². The summed E-state index contributed by atoms with van der Waals surface area (Å²) >= 11 is 0. The summed E-state index contributed by atoms with van der Waals surface area (Å²) in [6.07, 6.45) is 3.66. The number of ether oxygens (including phenoxy) is 2. The molecule has 0 radical (unpaired) electrons. The van der Waals surface area contributed by atoms with Crippen LogP contribution in [0.1, 0.15) is 5.56 Å². The van der Waals surface area contributed by atoms with Crippen molar-refractivity contribution >= 4 is 5.91 Å². The van der Waals surface area contributed by atoms with Crippen LogP contribution in [0.25, 0.3) is 0 Å². The van der Waals surface area contributed by atoms with Crippen molar-refractivity contribution < 1.29 is 14.3 Å². The van der Waals surface area contributed by atoms with Gasteiger partial charge in [0.1, 0.15) is 6.61 Å². The smallest absolute Gasteiger partial charge is 0.246 e. The van der Waals surface area contributed by atoms with Crippen molar-refractivity contribution in [2.24, 2.45) is 11.3 Å². The Balaban J connectivity index is 1.60. The largest absolute Gasteiger partial charge is 0.380 e. The van der Waals surface area contributed by atoms with Gasteiger partial charge in [0.05, 0.1) is 13.2 Å². The van der Waals surface area contributed by atoms with Gasteiger partial charge in [-0.05, 0) is 17.7 Å². The molecule has 0 saturated carbocycles. The molecule has 6 nitrogen and oxygen atoms in total. The number of nitrogens with one attached hydrogen (secondary N) is 1. The Bertz CT molecular complexity index is 511. The van der Waals surface area contributed by atoms with Gasteiger partial charge < -0.3 is 14.8 Å². The summed E-state index contributed by atoms with van der Waals surface area (Å²) < 4.78 is 10.6. The molecular formula is C16H23N3O3. The Labute approximate surface area is 130 Å². The molecule has 0 unspecified atom stereocenters. The topological polar surface area (TPSA) is 63.7 Å². The van der Waals surface area contributed by atoms with E-state index >= 15 is 0 Å². The van der Waals surface area contributed by atoms with E-state index in [1.165, 1.54) is 12.7 Å². The van der Waals surface area contributed by atoms with Crippen molar-refractivity contribution in [1.29, 1.82) is 0 Å². The van der Waals surface area contributed by atoms with E-state index in [2.05, 4.69) is 27.3 Å². The first kappa shape index (κ1) is 15.4. The first-order valence-electron chi connectivity index (χ1n) is 7.66. The number of fused-ring (bicyclic) bond motifs is 1. The van der Waals surface area contributed by atoms with Gasteiger partial charge in [-0.3, -0.25) is 14.7 Å². The average molecular weight is 305 g/mol. The maximum atomic E-state index is 11.7. The van der Waals surface area contributed by atoms with Gasteiger partial charge in [-0.15, -0.1) is 0 Å². The zero-order chi connectivity index (χ0) is 15.4. The second-order valence-electron chi connectivity index (χ2n) is 6.31. The van der Waals surface area contributed by atoms with Crippen molar-refractivity contribution in [3.8, 4) is 0 Å². The summed E-state index contributed by atoms with van der Waals surface area (Å²) in [6, 6.07) is 4.11. The number of amides is 1. The lowest BCUT2D eigenvalue weighted by Gasteiger charge is -2.27. The van der Waals surface area contributed by atoms with E-state index < -0.39 is 0 Å². The molecule has 1 aromatic heterocycles. The van der Waals surface area contributed by atoms with Crippen LogP contribution in [0.5, 0.6) is 0 Å². The van der Waals surface area contributed by atoms with E-state index in [0.29, 0.717) is 12.5 Å². The fourth-order valence-corrected chi connectivity index (χ4v) is 3.52. The van der Waals surface area contributed by atoms with Crippen LogP contribution in [0.4, 0.5) is 0 Å². The molecule has 1 aromatic rings. The molecule has 120 valence electrons. The van der Waals surface area contributed by atoms with Crippen LogP contribution in [0.15, 0.2) is 24.5 Å². The van der Waals surface area contributed by atoms with Crippen molar-refractivity contribution in [2.75, 3.05) is 46.6 Å². The molecule has 2 saturated heterocycles. The number of carbonyl (C=O) groups excluding carboxylic acids is 1. The minimum Gasteiger partial charge on any atom is -0.380 e. The Morgan fingerprint density at radius 3 is 3.14 bits per heavy atom. The van der Waals surface area contributed by atoms with Gasteiger partial charge >= 0.3 is 0 Å². The molecule has 0 bridgehead atoms. The molecule has 1 amide bonds. The third-order valence-electron chi connectivity index (χ3n) is 4.66. The molecular weight excluding hydrogens is 282 g/mol. The van der Waals surface area contributed by atoms with E-state index in [-0.39, 0.29) is 17.9 Å². The Morgan fingerprint density at radius 1 is 1.55 bits per heavy atom. The van der Waals surface area contributed by atoms with E-state index in [1.54, 1.807) is 0 Å². The zero-order valence-corrected chi connectivity index (χ0v) is 13.0. The van der Waals surface area contributed by atoms with E-state index in [0.717, 1.165) is 32.8 Å². The third-order valence-corrected chi connectivity index (χ3v) is 4.66. The number of hydrogen-bond acceptors (Lipinski definition) is 5. The fourth-order valence-electron chi connectivity index (χ4n) is 3.52. The van der Waals surface area contributed by atoms with Crippen LogP contribution in [0.2, 0.25) is 0 Å². The number of rotatable bonds is 6. The second-order valence-corrected chi connectivity index (χ2v) is 6.31. The zero-order valence-electron chi connectivity index (χ0n) is 13.0. The number of hydrogen-bond donors (Lipinski definition) is 1. The highest BCUT2D eigenvalue weighted by atomic mass is 16.5. The predicted molar refractivity (Wildman–Crippen MR) is 81.1 cm³/mol. The molecule has 6 heteroatoms. The lowest BCUT2D eigenvalue weighted by atomic mass is 9.81. The number of likely N-dealkylation sites (tertiary alicyclic amines) is 1. The normalized spacial score (nSPS) is 27.8. The minimum absolute atomic E-state index is 0.0381. The molecule has 0 aliphatic carbocycles. The summed E-state index contributed by atoms with van der Waals surface area (Å²) in [5.74, 6) is 0.423. The molecule has 3 rings (SSSR count). The fraction of sp³-hybridized carbons (Fsp3) is 0.625. The predicted octanol–water partition coefficient (Wildman–Crippen LogP) is 0.293. The molecule has 0 aromatic carbocycles. The molecule has 3 heterocycles. The summed E-state index contributed by atoms with van der Waals surface area (Å²) in [5, 5.41) is 2.99. The number of carbonyl (C=O) groups is 1. The van der Waals surface area contributed by atoms with Gasteiger partial charge in [0.25, 0.3) is 0 Å². The van der Waals surface area contributed by atoms with E-state index in [4.69, 9.17) is 9.47 Å².